The first kappa shape index (κ1) is 26.3. The minimum absolute atomic E-state index is 0.194. The number of rotatable bonds is 9. The van der Waals surface area contributed by atoms with Gasteiger partial charge in [0.15, 0.2) is 18.1 Å². The van der Waals surface area contributed by atoms with E-state index in [2.05, 4.69) is 21.2 Å². The molecule has 4 rings (SSSR count). The predicted octanol–water partition coefficient (Wildman–Crippen LogP) is 6.48. The summed E-state index contributed by atoms with van der Waals surface area (Å²) in [7, 11) is 0. The number of benzene rings is 2. The topological polar surface area (TPSA) is 84.9 Å². The van der Waals surface area contributed by atoms with Crippen molar-refractivity contribution in [3.05, 3.63) is 57.4 Å². The fourth-order valence-electron chi connectivity index (χ4n) is 4.33. The Kier molecular flexibility index (Phi) is 9.09. The van der Waals surface area contributed by atoms with E-state index in [1.54, 1.807) is 30.3 Å². The molecule has 2 aromatic carbocycles. The van der Waals surface area contributed by atoms with Crippen molar-refractivity contribution in [3.63, 3.8) is 0 Å². The molecule has 0 spiro atoms. The Morgan fingerprint density at radius 3 is 2.56 bits per heavy atom. The van der Waals surface area contributed by atoms with Gasteiger partial charge < -0.3 is 14.8 Å². The number of ether oxygens (including phenoxy) is 2. The van der Waals surface area contributed by atoms with Crippen molar-refractivity contribution in [1.82, 2.24) is 4.90 Å². The molecule has 7 nitrogen and oxygen atoms in total. The van der Waals surface area contributed by atoms with Crippen molar-refractivity contribution in [3.8, 4) is 11.5 Å². The molecule has 2 aromatic rings. The number of halogens is 1. The van der Waals surface area contributed by atoms with Crippen LogP contribution in [0.25, 0.3) is 6.08 Å². The summed E-state index contributed by atoms with van der Waals surface area (Å²) >= 11 is 4.50. The van der Waals surface area contributed by atoms with Crippen molar-refractivity contribution in [2.45, 2.75) is 39.0 Å². The fraction of sp³-hybridized carbons (Fsp3) is 0.370. The normalized spacial score (nSPS) is 17.5. The van der Waals surface area contributed by atoms with Crippen LogP contribution < -0.4 is 14.8 Å². The molecule has 0 radical (unpaired) electrons. The Balaban J connectivity index is 1.46. The highest BCUT2D eigenvalue weighted by Crippen LogP contribution is 2.39. The van der Waals surface area contributed by atoms with Crippen LogP contribution in [0.5, 0.6) is 11.5 Å². The molecule has 0 bridgehead atoms. The van der Waals surface area contributed by atoms with Gasteiger partial charge in [0.25, 0.3) is 17.1 Å². The lowest BCUT2D eigenvalue weighted by Gasteiger charge is -2.25. The highest BCUT2D eigenvalue weighted by atomic mass is 79.9. The van der Waals surface area contributed by atoms with Crippen LogP contribution in [0.2, 0.25) is 0 Å². The molecule has 1 N–H and O–H groups in total. The van der Waals surface area contributed by atoms with E-state index in [4.69, 9.17) is 9.47 Å². The molecule has 2 fully saturated rings. The van der Waals surface area contributed by atoms with Crippen molar-refractivity contribution < 1.29 is 23.9 Å². The molecule has 1 aliphatic heterocycles. The van der Waals surface area contributed by atoms with Gasteiger partial charge in [0.05, 0.1) is 11.5 Å². The Morgan fingerprint density at radius 1 is 1.11 bits per heavy atom. The molecule has 2 aliphatic rings. The van der Waals surface area contributed by atoms with Gasteiger partial charge in [-0.05, 0) is 73.4 Å². The second-order valence-corrected chi connectivity index (χ2v) is 10.6. The fourth-order valence-corrected chi connectivity index (χ4v) is 5.61. The number of amides is 3. The second kappa shape index (κ2) is 12.5. The predicted molar refractivity (Wildman–Crippen MR) is 145 cm³/mol. The number of nitrogens with one attached hydrogen (secondary N) is 1. The first-order valence-corrected chi connectivity index (χ1v) is 13.7. The molecule has 1 heterocycles. The van der Waals surface area contributed by atoms with Crippen LogP contribution in [0.15, 0.2) is 51.8 Å². The van der Waals surface area contributed by atoms with Gasteiger partial charge in [0, 0.05) is 16.7 Å². The molecule has 1 aliphatic carbocycles. The minimum Gasteiger partial charge on any atom is -0.490 e. The Hall–Kier alpha value is -2.78. The molecule has 36 heavy (non-hydrogen) atoms. The maximum Gasteiger partial charge on any atom is 0.293 e. The molecule has 190 valence electrons. The first-order valence-electron chi connectivity index (χ1n) is 12.1. The molecular weight excluding hydrogens is 544 g/mol. The van der Waals surface area contributed by atoms with Gasteiger partial charge >= 0.3 is 0 Å². The SMILES string of the molecule is CCOc1cc(/C=C2/SC(=O)N(CC3CCCCC3)C2=O)c(Br)cc1OCC(=O)Nc1ccccc1. The average Bonchev–Trinajstić information content (AvgIpc) is 3.13. The summed E-state index contributed by atoms with van der Waals surface area (Å²) < 4.78 is 12.1. The first-order chi connectivity index (χ1) is 17.4. The van der Waals surface area contributed by atoms with Gasteiger partial charge in [0.2, 0.25) is 0 Å². The van der Waals surface area contributed by atoms with E-state index in [1.165, 1.54) is 11.3 Å². The van der Waals surface area contributed by atoms with Gasteiger partial charge in [-0.2, -0.15) is 0 Å². The number of nitrogens with zero attached hydrogens (tertiary/aromatic N) is 1. The summed E-state index contributed by atoms with van der Waals surface area (Å²) in [5.41, 5.74) is 1.37. The summed E-state index contributed by atoms with van der Waals surface area (Å²) in [5.74, 6) is 0.683. The third-order valence-corrected chi connectivity index (χ3v) is 7.70. The zero-order valence-corrected chi connectivity index (χ0v) is 22.5. The lowest BCUT2D eigenvalue weighted by Crippen LogP contribution is -2.34. The quantitative estimate of drug-likeness (QED) is 0.346. The number of anilines is 1. The monoisotopic (exact) mass is 572 g/mol. The largest absolute Gasteiger partial charge is 0.490 e. The number of hydrogen-bond donors (Lipinski definition) is 1. The van der Waals surface area contributed by atoms with Gasteiger partial charge in [-0.1, -0.05) is 53.4 Å². The molecule has 9 heteroatoms. The molecule has 1 saturated heterocycles. The Morgan fingerprint density at radius 2 is 1.83 bits per heavy atom. The van der Waals surface area contributed by atoms with E-state index in [0.717, 1.165) is 37.4 Å². The summed E-state index contributed by atoms with van der Waals surface area (Å²) in [4.78, 5) is 39.7. The summed E-state index contributed by atoms with van der Waals surface area (Å²) in [6, 6.07) is 12.6. The molecule has 1 saturated carbocycles. The van der Waals surface area contributed by atoms with Crippen LogP contribution in [0.3, 0.4) is 0 Å². The van der Waals surface area contributed by atoms with E-state index >= 15 is 0 Å². The van der Waals surface area contributed by atoms with E-state index in [0.29, 0.717) is 51.2 Å². The van der Waals surface area contributed by atoms with Crippen molar-refractivity contribution in [1.29, 1.82) is 0 Å². The van der Waals surface area contributed by atoms with Gasteiger partial charge in [-0.3, -0.25) is 19.3 Å². The maximum absolute atomic E-state index is 13.0. The highest BCUT2D eigenvalue weighted by Gasteiger charge is 2.36. The number of hydrogen-bond acceptors (Lipinski definition) is 6. The Labute approximate surface area is 223 Å². The molecule has 3 amide bonds. The molecular formula is C27H29BrN2O5S. The average molecular weight is 574 g/mol. The van der Waals surface area contributed by atoms with E-state index in [9.17, 15) is 14.4 Å². The third-order valence-electron chi connectivity index (χ3n) is 6.10. The summed E-state index contributed by atoms with van der Waals surface area (Å²) in [5, 5.41) is 2.56. The zero-order valence-electron chi connectivity index (χ0n) is 20.1. The standard InChI is InChI=1S/C27H29BrN2O5S/c1-2-34-22-13-19(14-24-26(32)30(27(33)36-24)16-18-9-5-3-6-10-18)21(28)15-23(22)35-17-25(31)29-20-11-7-4-8-12-20/h4,7-8,11-15,18H,2-3,5-6,9-10,16-17H2,1H3,(H,29,31)/b24-14+. The Bertz CT molecular complexity index is 1150. The summed E-state index contributed by atoms with van der Waals surface area (Å²) in [6.07, 6.45) is 7.37. The van der Waals surface area contributed by atoms with Crippen molar-refractivity contribution in [2.24, 2.45) is 5.92 Å². The molecule has 0 atom stereocenters. The van der Waals surface area contributed by atoms with Crippen LogP contribution in [0, 0.1) is 5.92 Å². The smallest absolute Gasteiger partial charge is 0.293 e. The maximum atomic E-state index is 13.0. The van der Waals surface area contributed by atoms with Crippen LogP contribution in [0.4, 0.5) is 10.5 Å². The number of thioether (sulfide) groups is 1. The zero-order chi connectivity index (χ0) is 25.5. The summed E-state index contributed by atoms with van der Waals surface area (Å²) in [6.45, 7) is 2.54. The van der Waals surface area contributed by atoms with Gasteiger partial charge in [0.1, 0.15) is 0 Å². The third kappa shape index (κ3) is 6.70. The van der Waals surface area contributed by atoms with Crippen molar-refractivity contribution in [2.75, 3.05) is 25.1 Å². The second-order valence-electron chi connectivity index (χ2n) is 8.75. The number of para-hydroxylation sites is 1. The van der Waals surface area contributed by atoms with E-state index in [1.807, 2.05) is 25.1 Å². The van der Waals surface area contributed by atoms with E-state index in [-0.39, 0.29) is 23.7 Å². The minimum atomic E-state index is -0.296. The molecule has 0 aromatic heterocycles. The number of imide groups is 1. The van der Waals surface area contributed by atoms with Crippen molar-refractivity contribution >= 4 is 56.5 Å². The number of carbonyl (C=O) groups is 3. The molecule has 0 unspecified atom stereocenters. The van der Waals surface area contributed by atoms with Gasteiger partial charge in [-0.15, -0.1) is 0 Å². The lowest BCUT2D eigenvalue weighted by molar-refractivity contribution is -0.123. The van der Waals surface area contributed by atoms with Crippen LogP contribution in [-0.4, -0.2) is 41.7 Å². The van der Waals surface area contributed by atoms with Crippen LogP contribution >= 0.6 is 27.7 Å². The van der Waals surface area contributed by atoms with E-state index < -0.39 is 0 Å². The van der Waals surface area contributed by atoms with Crippen LogP contribution in [0.1, 0.15) is 44.6 Å². The highest BCUT2D eigenvalue weighted by molar-refractivity contribution is 9.10. The van der Waals surface area contributed by atoms with Crippen LogP contribution in [-0.2, 0) is 9.59 Å². The lowest BCUT2D eigenvalue weighted by atomic mass is 9.89. The van der Waals surface area contributed by atoms with Gasteiger partial charge in [-0.25, -0.2) is 0 Å². The number of carbonyl (C=O) groups excluding carboxylic acids is 3.